The fourth-order valence-corrected chi connectivity index (χ4v) is 3.76. The van der Waals surface area contributed by atoms with Gasteiger partial charge in [-0.05, 0) is 17.2 Å². The molecule has 148 valence electrons. The molecule has 3 heteroatoms. The van der Waals surface area contributed by atoms with Crippen molar-refractivity contribution < 1.29 is 9.21 Å². The highest BCUT2D eigenvalue weighted by Gasteiger charge is 2.20. The normalized spacial score (nSPS) is 10.7. The Morgan fingerprint density at radius 3 is 1.81 bits per heavy atom. The number of carbonyl (C=O) groups is 1. The van der Waals surface area contributed by atoms with Crippen LogP contribution in [0, 0.1) is 0 Å². The Bertz CT molecular complexity index is 1280. The van der Waals surface area contributed by atoms with Crippen molar-refractivity contribution in [2.45, 2.75) is 0 Å². The summed E-state index contributed by atoms with van der Waals surface area (Å²) in [5.41, 5.74) is 5.98. The maximum absolute atomic E-state index is 11.6. The molecular weight excluding hydrogens is 382 g/mol. The predicted octanol–water partition coefficient (Wildman–Crippen LogP) is 7.16. The van der Waals surface area contributed by atoms with E-state index in [9.17, 15) is 4.79 Å². The number of aldehydes is 1. The number of benzene rings is 4. The molecule has 0 aliphatic rings. The molecule has 1 heterocycles. The van der Waals surface area contributed by atoms with Gasteiger partial charge < -0.3 is 4.42 Å². The van der Waals surface area contributed by atoms with E-state index in [2.05, 4.69) is 0 Å². The van der Waals surface area contributed by atoms with Gasteiger partial charge in [0.1, 0.15) is 5.69 Å². The van der Waals surface area contributed by atoms with Crippen LogP contribution in [-0.2, 0) is 0 Å². The van der Waals surface area contributed by atoms with Crippen LogP contribution in [0.4, 0.5) is 0 Å². The van der Waals surface area contributed by atoms with E-state index in [0.29, 0.717) is 11.5 Å². The minimum atomic E-state index is 0.522. The zero-order valence-corrected chi connectivity index (χ0v) is 16.7. The van der Waals surface area contributed by atoms with Gasteiger partial charge in [-0.2, -0.15) is 0 Å². The van der Waals surface area contributed by atoms with Crippen molar-refractivity contribution in [2.24, 2.45) is 0 Å². The number of hydrogen-bond donors (Lipinski definition) is 0. The fourth-order valence-electron chi connectivity index (χ4n) is 3.76. The summed E-state index contributed by atoms with van der Waals surface area (Å²) < 4.78 is 6.38. The molecule has 5 rings (SSSR count). The van der Waals surface area contributed by atoms with Gasteiger partial charge in [-0.1, -0.05) is 103 Å². The van der Waals surface area contributed by atoms with Crippen molar-refractivity contribution in [3.8, 4) is 45.2 Å². The van der Waals surface area contributed by atoms with Gasteiger partial charge >= 0.3 is 0 Å². The highest BCUT2D eigenvalue weighted by Crippen LogP contribution is 2.39. The summed E-state index contributed by atoms with van der Waals surface area (Å²) in [4.78, 5) is 16.6. The van der Waals surface area contributed by atoms with E-state index in [4.69, 9.17) is 9.40 Å². The molecule has 31 heavy (non-hydrogen) atoms. The van der Waals surface area contributed by atoms with E-state index in [1.54, 1.807) is 0 Å². The zero-order chi connectivity index (χ0) is 21.0. The first-order chi connectivity index (χ1) is 15.3. The van der Waals surface area contributed by atoms with Gasteiger partial charge in [-0.25, -0.2) is 4.98 Å². The summed E-state index contributed by atoms with van der Waals surface area (Å²) in [6, 6.07) is 35.5. The second kappa shape index (κ2) is 8.25. The Balaban J connectivity index is 1.73. The van der Waals surface area contributed by atoms with Gasteiger partial charge in [0.25, 0.3) is 0 Å². The summed E-state index contributed by atoms with van der Waals surface area (Å²) in [6.45, 7) is 0. The molecule has 0 fully saturated rings. The molecule has 0 spiro atoms. The standard InChI is InChI=1S/C28H19NO2/c30-19-22-15-7-8-16-23(22)24-17-9-10-18-25(24)28-29-26(20-11-3-1-4-12-20)27(31-28)21-13-5-2-6-14-21/h1-19H. The maximum atomic E-state index is 11.6. The lowest BCUT2D eigenvalue weighted by Crippen LogP contribution is -1.90. The lowest BCUT2D eigenvalue weighted by molar-refractivity contribution is 0.112. The quantitative estimate of drug-likeness (QED) is 0.294. The third-order valence-corrected chi connectivity index (χ3v) is 5.25. The molecule has 0 unspecified atom stereocenters. The van der Waals surface area contributed by atoms with E-state index in [-0.39, 0.29) is 0 Å². The summed E-state index contributed by atoms with van der Waals surface area (Å²) >= 11 is 0. The smallest absolute Gasteiger partial charge is 0.227 e. The van der Waals surface area contributed by atoms with E-state index in [1.807, 2.05) is 109 Å². The number of aromatic nitrogens is 1. The van der Waals surface area contributed by atoms with Crippen LogP contribution in [-0.4, -0.2) is 11.3 Å². The lowest BCUT2D eigenvalue weighted by Gasteiger charge is -2.09. The van der Waals surface area contributed by atoms with Crippen molar-refractivity contribution in [2.75, 3.05) is 0 Å². The monoisotopic (exact) mass is 401 g/mol. The molecule has 0 aliphatic heterocycles. The molecule has 0 radical (unpaired) electrons. The fraction of sp³-hybridized carbons (Fsp3) is 0. The second-order valence-electron chi connectivity index (χ2n) is 7.18. The molecule has 5 aromatic rings. The van der Waals surface area contributed by atoms with Gasteiger partial charge in [0.2, 0.25) is 5.89 Å². The van der Waals surface area contributed by atoms with Crippen molar-refractivity contribution in [1.29, 1.82) is 0 Å². The van der Waals surface area contributed by atoms with Crippen LogP contribution >= 0.6 is 0 Å². The molecular formula is C28H19NO2. The van der Waals surface area contributed by atoms with Crippen LogP contribution in [0.3, 0.4) is 0 Å². The molecule has 0 saturated carbocycles. The Hall–Kier alpha value is -4.24. The Morgan fingerprint density at radius 2 is 1.13 bits per heavy atom. The largest absolute Gasteiger partial charge is 0.435 e. The van der Waals surface area contributed by atoms with Crippen LogP contribution in [0.5, 0.6) is 0 Å². The highest BCUT2D eigenvalue weighted by molar-refractivity contribution is 5.92. The van der Waals surface area contributed by atoms with Crippen LogP contribution in [0.2, 0.25) is 0 Å². The third kappa shape index (κ3) is 3.58. The predicted molar refractivity (Wildman–Crippen MR) is 124 cm³/mol. The van der Waals surface area contributed by atoms with Gasteiger partial charge in [0.15, 0.2) is 12.0 Å². The first-order valence-corrected chi connectivity index (χ1v) is 10.1. The van der Waals surface area contributed by atoms with E-state index in [0.717, 1.165) is 45.6 Å². The van der Waals surface area contributed by atoms with E-state index < -0.39 is 0 Å². The summed E-state index contributed by atoms with van der Waals surface area (Å²) in [5, 5.41) is 0. The molecule has 0 saturated heterocycles. The van der Waals surface area contributed by atoms with Crippen molar-refractivity contribution >= 4 is 6.29 Å². The van der Waals surface area contributed by atoms with Crippen molar-refractivity contribution in [3.63, 3.8) is 0 Å². The summed E-state index contributed by atoms with van der Waals surface area (Å²) in [7, 11) is 0. The topological polar surface area (TPSA) is 43.1 Å². The summed E-state index contributed by atoms with van der Waals surface area (Å²) in [5.74, 6) is 1.24. The number of hydrogen-bond acceptors (Lipinski definition) is 3. The molecule has 0 bridgehead atoms. The minimum absolute atomic E-state index is 0.522. The molecule has 0 N–H and O–H groups in total. The molecule has 0 amide bonds. The first-order valence-electron chi connectivity index (χ1n) is 10.1. The first kappa shape index (κ1) is 18.8. The summed E-state index contributed by atoms with van der Waals surface area (Å²) in [6.07, 6.45) is 0.881. The molecule has 0 atom stereocenters. The molecule has 1 aromatic heterocycles. The van der Waals surface area contributed by atoms with Crippen LogP contribution in [0.1, 0.15) is 10.4 Å². The van der Waals surface area contributed by atoms with Gasteiger partial charge in [-0.15, -0.1) is 0 Å². The van der Waals surface area contributed by atoms with E-state index >= 15 is 0 Å². The Labute approximate surface area is 180 Å². The Morgan fingerprint density at radius 1 is 0.581 bits per heavy atom. The SMILES string of the molecule is O=Cc1ccccc1-c1ccccc1-c1nc(-c2ccccc2)c(-c2ccccc2)o1. The lowest BCUT2D eigenvalue weighted by atomic mass is 9.96. The number of carbonyl (C=O) groups excluding carboxylic acids is 1. The molecule has 4 aromatic carbocycles. The number of rotatable bonds is 5. The average Bonchev–Trinajstić information content (AvgIpc) is 3.30. The highest BCUT2D eigenvalue weighted by atomic mass is 16.4. The van der Waals surface area contributed by atoms with Crippen molar-refractivity contribution in [1.82, 2.24) is 4.98 Å². The maximum Gasteiger partial charge on any atom is 0.227 e. The molecule has 3 nitrogen and oxygen atoms in total. The van der Waals surface area contributed by atoms with Crippen LogP contribution in [0.15, 0.2) is 114 Å². The Kier molecular flexibility index (Phi) is 4.99. The van der Waals surface area contributed by atoms with Crippen LogP contribution < -0.4 is 0 Å². The average molecular weight is 401 g/mol. The van der Waals surface area contributed by atoms with Crippen molar-refractivity contribution in [3.05, 3.63) is 115 Å². The van der Waals surface area contributed by atoms with E-state index in [1.165, 1.54) is 0 Å². The second-order valence-corrected chi connectivity index (χ2v) is 7.18. The van der Waals surface area contributed by atoms with Gasteiger partial charge in [0.05, 0.1) is 0 Å². The third-order valence-electron chi connectivity index (χ3n) is 5.25. The van der Waals surface area contributed by atoms with Crippen LogP contribution in [0.25, 0.3) is 45.2 Å². The number of nitrogens with zero attached hydrogens (tertiary/aromatic N) is 1. The molecule has 0 aliphatic carbocycles. The number of oxazole rings is 1. The van der Waals surface area contributed by atoms with Gasteiger partial charge in [-0.3, -0.25) is 4.79 Å². The minimum Gasteiger partial charge on any atom is -0.435 e. The van der Waals surface area contributed by atoms with Gasteiger partial charge in [0, 0.05) is 22.3 Å². The zero-order valence-electron chi connectivity index (χ0n) is 16.7.